The van der Waals surface area contributed by atoms with Gasteiger partial charge >= 0.3 is 0 Å². The third-order valence-electron chi connectivity index (χ3n) is 3.39. The molecule has 0 spiro atoms. The van der Waals surface area contributed by atoms with Gasteiger partial charge in [0.25, 0.3) is 0 Å². The molecule has 2 N–H and O–H groups in total. The molecule has 0 saturated heterocycles. The van der Waals surface area contributed by atoms with E-state index in [1.165, 1.54) is 24.3 Å². The highest BCUT2D eigenvalue weighted by molar-refractivity contribution is 6.13. The second-order valence-electron chi connectivity index (χ2n) is 5.65. The number of hydrogen-bond acceptors (Lipinski definition) is 2. The number of carbonyl (C=O) groups is 2. The fourth-order valence-corrected chi connectivity index (χ4v) is 1.93. The summed E-state index contributed by atoms with van der Waals surface area (Å²) in [5, 5.41) is 5.47. The molecule has 1 aliphatic carbocycles. The van der Waals surface area contributed by atoms with Gasteiger partial charge in [0.1, 0.15) is 11.2 Å². The third-order valence-corrected chi connectivity index (χ3v) is 3.39. The van der Waals surface area contributed by atoms with Crippen LogP contribution in [0.5, 0.6) is 0 Å². The number of hydrogen-bond donors (Lipinski definition) is 2. The van der Waals surface area contributed by atoms with Crippen LogP contribution in [-0.2, 0) is 9.59 Å². The molecule has 0 aromatic heterocycles. The Balaban J connectivity index is 1.97. The SMILES string of the molecule is CC(C)CNC(=O)C1(C(=O)Nc2ccc(F)cc2)CC1. The van der Waals surface area contributed by atoms with Gasteiger partial charge in [-0.1, -0.05) is 13.8 Å². The summed E-state index contributed by atoms with van der Waals surface area (Å²) < 4.78 is 12.8. The summed E-state index contributed by atoms with van der Waals surface area (Å²) in [7, 11) is 0. The molecule has 0 heterocycles. The number of rotatable bonds is 5. The lowest BCUT2D eigenvalue weighted by Crippen LogP contribution is -2.41. The van der Waals surface area contributed by atoms with Gasteiger partial charge in [-0.05, 0) is 43.0 Å². The van der Waals surface area contributed by atoms with Crippen LogP contribution in [-0.4, -0.2) is 18.4 Å². The van der Waals surface area contributed by atoms with Crippen molar-refractivity contribution in [2.45, 2.75) is 26.7 Å². The summed E-state index contributed by atoms with van der Waals surface area (Å²) in [6.07, 6.45) is 1.12. The maximum atomic E-state index is 12.8. The molecular formula is C15H19FN2O2. The molecule has 0 aliphatic heterocycles. The van der Waals surface area contributed by atoms with Crippen molar-refractivity contribution in [3.63, 3.8) is 0 Å². The van der Waals surface area contributed by atoms with Crippen LogP contribution < -0.4 is 10.6 Å². The molecule has 1 fully saturated rings. The lowest BCUT2D eigenvalue weighted by molar-refractivity contribution is -0.134. The minimum absolute atomic E-state index is 0.217. The molecule has 0 radical (unpaired) electrons. The molecule has 4 nitrogen and oxygen atoms in total. The zero-order chi connectivity index (χ0) is 14.8. The van der Waals surface area contributed by atoms with Gasteiger partial charge in [0, 0.05) is 12.2 Å². The van der Waals surface area contributed by atoms with Gasteiger partial charge in [-0.2, -0.15) is 0 Å². The second kappa shape index (κ2) is 5.61. The van der Waals surface area contributed by atoms with E-state index in [1.807, 2.05) is 13.8 Å². The second-order valence-corrected chi connectivity index (χ2v) is 5.65. The van der Waals surface area contributed by atoms with E-state index >= 15 is 0 Å². The molecule has 2 rings (SSSR count). The molecule has 0 bridgehead atoms. The Morgan fingerprint density at radius 1 is 1.20 bits per heavy atom. The fraction of sp³-hybridized carbons (Fsp3) is 0.467. The van der Waals surface area contributed by atoms with Crippen LogP contribution in [0.2, 0.25) is 0 Å². The molecule has 0 unspecified atom stereocenters. The van der Waals surface area contributed by atoms with Crippen molar-refractivity contribution in [2.75, 3.05) is 11.9 Å². The Kier molecular flexibility index (Phi) is 4.06. The first kappa shape index (κ1) is 14.5. The van der Waals surface area contributed by atoms with Crippen LogP contribution >= 0.6 is 0 Å². The largest absolute Gasteiger partial charge is 0.355 e. The van der Waals surface area contributed by atoms with E-state index in [9.17, 15) is 14.0 Å². The van der Waals surface area contributed by atoms with Crippen molar-refractivity contribution in [2.24, 2.45) is 11.3 Å². The summed E-state index contributed by atoms with van der Waals surface area (Å²) in [4.78, 5) is 24.3. The first-order valence-corrected chi connectivity index (χ1v) is 6.79. The molecule has 2 amide bonds. The normalized spacial score (nSPS) is 15.8. The number of carbonyl (C=O) groups excluding carboxylic acids is 2. The van der Waals surface area contributed by atoms with Gasteiger partial charge in [0.15, 0.2) is 0 Å². The van der Waals surface area contributed by atoms with Crippen molar-refractivity contribution in [1.29, 1.82) is 0 Å². The lowest BCUT2D eigenvalue weighted by Gasteiger charge is -2.16. The fourth-order valence-electron chi connectivity index (χ4n) is 1.93. The molecule has 5 heteroatoms. The van der Waals surface area contributed by atoms with E-state index in [0.29, 0.717) is 31.0 Å². The standard InChI is InChI=1S/C15H19FN2O2/c1-10(2)9-17-13(19)15(7-8-15)14(20)18-12-5-3-11(16)4-6-12/h3-6,10H,7-9H2,1-2H3,(H,17,19)(H,18,20). The van der Waals surface area contributed by atoms with E-state index < -0.39 is 5.41 Å². The van der Waals surface area contributed by atoms with E-state index in [4.69, 9.17) is 0 Å². The lowest BCUT2D eigenvalue weighted by atomic mass is 10.0. The number of benzene rings is 1. The van der Waals surface area contributed by atoms with Crippen LogP contribution in [0.4, 0.5) is 10.1 Å². The zero-order valence-electron chi connectivity index (χ0n) is 11.7. The highest BCUT2D eigenvalue weighted by Gasteiger charge is 2.56. The minimum Gasteiger partial charge on any atom is -0.355 e. The zero-order valence-corrected chi connectivity index (χ0v) is 11.7. The average Bonchev–Trinajstić information content (AvgIpc) is 3.20. The van der Waals surface area contributed by atoms with Crippen LogP contribution in [0.15, 0.2) is 24.3 Å². The monoisotopic (exact) mass is 278 g/mol. The van der Waals surface area contributed by atoms with Crippen molar-refractivity contribution in [3.05, 3.63) is 30.1 Å². The Morgan fingerprint density at radius 3 is 2.30 bits per heavy atom. The summed E-state index contributed by atoms with van der Waals surface area (Å²) in [6.45, 7) is 4.56. The summed E-state index contributed by atoms with van der Waals surface area (Å²) in [5.74, 6) is -0.551. The number of nitrogens with one attached hydrogen (secondary N) is 2. The van der Waals surface area contributed by atoms with Crippen molar-refractivity contribution < 1.29 is 14.0 Å². The van der Waals surface area contributed by atoms with E-state index in [0.717, 1.165) is 0 Å². The minimum atomic E-state index is -0.941. The van der Waals surface area contributed by atoms with Gasteiger partial charge in [-0.15, -0.1) is 0 Å². The molecular weight excluding hydrogens is 259 g/mol. The molecule has 108 valence electrons. The van der Waals surface area contributed by atoms with Crippen molar-refractivity contribution >= 4 is 17.5 Å². The molecule has 20 heavy (non-hydrogen) atoms. The highest BCUT2D eigenvalue weighted by atomic mass is 19.1. The molecule has 1 aliphatic rings. The molecule has 1 aromatic carbocycles. The Bertz CT molecular complexity index is 507. The van der Waals surface area contributed by atoms with Gasteiger partial charge in [-0.3, -0.25) is 9.59 Å². The predicted molar refractivity (Wildman–Crippen MR) is 74.5 cm³/mol. The van der Waals surface area contributed by atoms with Gasteiger partial charge in [-0.25, -0.2) is 4.39 Å². The topological polar surface area (TPSA) is 58.2 Å². The number of amides is 2. The molecule has 1 aromatic rings. The maximum absolute atomic E-state index is 12.8. The maximum Gasteiger partial charge on any atom is 0.240 e. The number of anilines is 1. The first-order chi connectivity index (χ1) is 9.44. The van der Waals surface area contributed by atoms with Crippen LogP contribution in [0.1, 0.15) is 26.7 Å². The predicted octanol–water partition coefficient (Wildman–Crippen LogP) is 2.32. The summed E-state index contributed by atoms with van der Waals surface area (Å²) >= 11 is 0. The van der Waals surface area contributed by atoms with E-state index in [-0.39, 0.29) is 17.6 Å². The Morgan fingerprint density at radius 2 is 1.80 bits per heavy atom. The summed E-state index contributed by atoms with van der Waals surface area (Å²) in [5.41, 5.74) is -0.442. The quantitative estimate of drug-likeness (QED) is 0.812. The third kappa shape index (κ3) is 3.15. The van der Waals surface area contributed by atoms with Crippen LogP contribution in [0, 0.1) is 17.2 Å². The van der Waals surface area contributed by atoms with Gasteiger partial charge in [0.05, 0.1) is 0 Å². The van der Waals surface area contributed by atoms with Crippen LogP contribution in [0.25, 0.3) is 0 Å². The van der Waals surface area contributed by atoms with Crippen molar-refractivity contribution in [1.82, 2.24) is 5.32 Å². The van der Waals surface area contributed by atoms with Crippen LogP contribution in [0.3, 0.4) is 0 Å². The molecule has 0 atom stereocenters. The Hall–Kier alpha value is -1.91. The summed E-state index contributed by atoms with van der Waals surface area (Å²) in [6, 6.07) is 5.51. The highest BCUT2D eigenvalue weighted by Crippen LogP contribution is 2.46. The van der Waals surface area contributed by atoms with E-state index in [2.05, 4.69) is 10.6 Å². The van der Waals surface area contributed by atoms with Gasteiger partial charge in [0.2, 0.25) is 11.8 Å². The first-order valence-electron chi connectivity index (χ1n) is 6.79. The van der Waals surface area contributed by atoms with E-state index in [1.54, 1.807) is 0 Å². The van der Waals surface area contributed by atoms with Gasteiger partial charge < -0.3 is 10.6 Å². The Labute approximate surface area is 117 Å². The average molecular weight is 278 g/mol. The number of halogens is 1. The smallest absolute Gasteiger partial charge is 0.240 e. The molecule has 1 saturated carbocycles. The van der Waals surface area contributed by atoms with Crippen molar-refractivity contribution in [3.8, 4) is 0 Å².